The van der Waals surface area contributed by atoms with E-state index in [0.29, 0.717) is 12.2 Å². The van der Waals surface area contributed by atoms with Gasteiger partial charge in [-0.3, -0.25) is 0 Å². The number of hydrogen-bond acceptors (Lipinski definition) is 2. The molecule has 3 heteroatoms. The molecular formula is C11H16O3. The number of carbonyl (C=O) groups is 1. The van der Waals surface area contributed by atoms with Gasteiger partial charge in [-0.1, -0.05) is 26.0 Å². The summed E-state index contributed by atoms with van der Waals surface area (Å²) in [6.07, 6.45) is 6.37. The summed E-state index contributed by atoms with van der Waals surface area (Å²) >= 11 is 0. The zero-order chi connectivity index (χ0) is 10.6. The Morgan fingerprint density at radius 3 is 2.71 bits per heavy atom. The molecule has 1 atom stereocenters. The first-order valence-electron chi connectivity index (χ1n) is 4.83. The highest BCUT2D eigenvalue weighted by Crippen LogP contribution is 2.15. The summed E-state index contributed by atoms with van der Waals surface area (Å²) in [5.74, 6) is -0.819. The van der Waals surface area contributed by atoms with E-state index in [-0.39, 0.29) is 12.0 Å². The molecule has 1 rings (SSSR count). The number of hydrogen-bond donors (Lipinski definition) is 1. The van der Waals surface area contributed by atoms with Crippen molar-refractivity contribution in [2.75, 3.05) is 6.61 Å². The van der Waals surface area contributed by atoms with E-state index in [0.717, 1.165) is 6.42 Å². The van der Waals surface area contributed by atoms with Crippen LogP contribution in [0.2, 0.25) is 0 Å². The molecule has 0 aromatic carbocycles. The minimum atomic E-state index is -0.849. The second kappa shape index (κ2) is 4.96. The van der Waals surface area contributed by atoms with E-state index in [9.17, 15) is 4.79 Å². The molecule has 0 aromatic rings. The van der Waals surface area contributed by atoms with Gasteiger partial charge in [-0.05, 0) is 18.4 Å². The third-order valence-electron chi connectivity index (χ3n) is 2.18. The highest BCUT2D eigenvalue weighted by atomic mass is 16.5. The summed E-state index contributed by atoms with van der Waals surface area (Å²) in [5, 5.41) is 8.93. The molecule has 0 spiro atoms. The Bertz CT molecular complexity index is 264. The van der Waals surface area contributed by atoms with E-state index >= 15 is 0 Å². The lowest BCUT2D eigenvalue weighted by Crippen LogP contribution is -2.17. The normalized spacial score (nSPS) is 22.8. The van der Waals surface area contributed by atoms with E-state index in [4.69, 9.17) is 9.84 Å². The Labute approximate surface area is 84.1 Å². The summed E-state index contributed by atoms with van der Waals surface area (Å²) in [7, 11) is 0. The van der Waals surface area contributed by atoms with Crippen molar-refractivity contribution in [3.05, 3.63) is 23.8 Å². The van der Waals surface area contributed by atoms with Crippen molar-refractivity contribution in [3.8, 4) is 0 Å². The van der Waals surface area contributed by atoms with E-state index in [1.54, 1.807) is 6.08 Å². The topological polar surface area (TPSA) is 46.5 Å². The van der Waals surface area contributed by atoms with Crippen molar-refractivity contribution >= 4 is 5.97 Å². The van der Waals surface area contributed by atoms with Crippen LogP contribution in [0, 0.1) is 5.92 Å². The fourth-order valence-electron chi connectivity index (χ4n) is 1.37. The lowest BCUT2D eigenvalue weighted by atomic mass is 10.0. The zero-order valence-electron chi connectivity index (χ0n) is 8.56. The van der Waals surface area contributed by atoms with Crippen molar-refractivity contribution < 1.29 is 14.6 Å². The van der Waals surface area contributed by atoms with Crippen LogP contribution >= 0.6 is 0 Å². The van der Waals surface area contributed by atoms with Gasteiger partial charge in [-0.25, -0.2) is 4.79 Å². The van der Waals surface area contributed by atoms with Gasteiger partial charge in [0.05, 0.1) is 12.7 Å². The fraction of sp³-hybridized carbons (Fsp3) is 0.545. The molecule has 0 aromatic heterocycles. The van der Waals surface area contributed by atoms with Gasteiger partial charge in [0, 0.05) is 5.57 Å². The average Bonchev–Trinajstić information content (AvgIpc) is 2.15. The molecule has 1 aliphatic heterocycles. The Morgan fingerprint density at radius 1 is 1.57 bits per heavy atom. The van der Waals surface area contributed by atoms with Gasteiger partial charge in [0.15, 0.2) is 0 Å². The standard InChI is InChI=1S/C11H16O3/c1-8(2)10(11(12)13)7-9-5-3-4-6-14-9/h3-4,7-9H,5-6H2,1-2H3,(H,12,13). The van der Waals surface area contributed by atoms with E-state index in [1.165, 1.54) is 0 Å². The van der Waals surface area contributed by atoms with Crippen LogP contribution in [-0.2, 0) is 9.53 Å². The highest BCUT2D eigenvalue weighted by Gasteiger charge is 2.15. The third kappa shape index (κ3) is 3.00. The number of carboxylic acid groups (broad SMARTS) is 1. The van der Waals surface area contributed by atoms with Crippen LogP contribution in [0.1, 0.15) is 20.3 Å². The van der Waals surface area contributed by atoms with Gasteiger partial charge in [0.1, 0.15) is 0 Å². The van der Waals surface area contributed by atoms with Crippen LogP contribution in [0.4, 0.5) is 0 Å². The second-order valence-electron chi connectivity index (χ2n) is 3.66. The van der Waals surface area contributed by atoms with Crippen molar-refractivity contribution in [2.24, 2.45) is 5.92 Å². The van der Waals surface area contributed by atoms with E-state index in [2.05, 4.69) is 0 Å². The van der Waals surface area contributed by atoms with Crippen LogP contribution in [0.15, 0.2) is 23.8 Å². The molecule has 1 heterocycles. The number of aliphatic carboxylic acids is 1. The summed E-state index contributed by atoms with van der Waals surface area (Å²) in [6.45, 7) is 4.32. The molecule has 0 radical (unpaired) electrons. The minimum absolute atomic E-state index is 0.0296. The van der Waals surface area contributed by atoms with Gasteiger partial charge in [0.25, 0.3) is 0 Å². The van der Waals surface area contributed by atoms with E-state index in [1.807, 2.05) is 26.0 Å². The van der Waals surface area contributed by atoms with Crippen LogP contribution < -0.4 is 0 Å². The Hall–Kier alpha value is -1.09. The maximum Gasteiger partial charge on any atom is 0.331 e. The molecule has 0 bridgehead atoms. The summed E-state index contributed by atoms with van der Waals surface area (Å²) in [6, 6.07) is 0. The quantitative estimate of drug-likeness (QED) is 0.554. The number of ether oxygens (including phenoxy) is 1. The SMILES string of the molecule is CC(C)C(=CC1CC=CCO1)C(=O)O. The van der Waals surface area contributed by atoms with Gasteiger partial charge in [0.2, 0.25) is 0 Å². The minimum Gasteiger partial charge on any atom is -0.478 e. The third-order valence-corrected chi connectivity index (χ3v) is 2.18. The molecule has 0 saturated carbocycles. The molecular weight excluding hydrogens is 180 g/mol. The van der Waals surface area contributed by atoms with Gasteiger partial charge in [-0.2, -0.15) is 0 Å². The first-order chi connectivity index (χ1) is 6.61. The Balaban J connectivity index is 2.71. The molecule has 0 amide bonds. The summed E-state index contributed by atoms with van der Waals surface area (Å²) in [4.78, 5) is 10.9. The maximum absolute atomic E-state index is 10.9. The molecule has 14 heavy (non-hydrogen) atoms. The van der Waals surface area contributed by atoms with Crippen molar-refractivity contribution in [1.82, 2.24) is 0 Å². The summed E-state index contributed by atoms with van der Waals surface area (Å²) in [5.41, 5.74) is 0.435. The lowest BCUT2D eigenvalue weighted by molar-refractivity contribution is -0.133. The summed E-state index contributed by atoms with van der Waals surface area (Å²) < 4.78 is 5.38. The van der Waals surface area contributed by atoms with Crippen molar-refractivity contribution in [2.45, 2.75) is 26.4 Å². The van der Waals surface area contributed by atoms with Crippen LogP contribution in [-0.4, -0.2) is 23.8 Å². The number of rotatable bonds is 3. The van der Waals surface area contributed by atoms with Gasteiger partial charge in [-0.15, -0.1) is 0 Å². The smallest absolute Gasteiger partial charge is 0.331 e. The lowest BCUT2D eigenvalue weighted by Gasteiger charge is -2.17. The maximum atomic E-state index is 10.9. The average molecular weight is 196 g/mol. The first-order valence-corrected chi connectivity index (χ1v) is 4.83. The second-order valence-corrected chi connectivity index (χ2v) is 3.66. The number of carboxylic acids is 1. The molecule has 1 unspecified atom stereocenters. The molecule has 1 N–H and O–H groups in total. The van der Waals surface area contributed by atoms with Crippen molar-refractivity contribution in [3.63, 3.8) is 0 Å². The first kappa shape index (κ1) is 11.0. The molecule has 0 aliphatic carbocycles. The molecule has 3 nitrogen and oxygen atoms in total. The van der Waals surface area contributed by atoms with E-state index < -0.39 is 5.97 Å². The largest absolute Gasteiger partial charge is 0.478 e. The molecule has 1 aliphatic rings. The van der Waals surface area contributed by atoms with Gasteiger partial charge < -0.3 is 9.84 Å². The zero-order valence-corrected chi connectivity index (χ0v) is 8.56. The predicted octanol–water partition coefficient (Wildman–Crippen LogP) is 2.00. The van der Waals surface area contributed by atoms with Crippen molar-refractivity contribution in [1.29, 1.82) is 0 Å². The molecule has 0 saturated heterocycles. The highest BCUT2D eigenvalue weighted by molar-refractivity contribution is 5.87. The van der Waals surface area contributed by atoms with Gasteiger partial charge >= 0.3 is 5.97 Å². The Morgan fingerprint density at radius 2 is 2.29 bits per heavy atom. The molecule has 78 valence electrons. The Kier molecular flexibility index (Phi) is 3.89. The van der Waals surface area contributed by atoms with Crippen LogP contribution in [0.25, 0.3) is 0 Å². The predicted molar refractivity (Wildman–Crippen MR) is 54.1 cm³/mol. The fourth-order valence-corrected chi connectivity index (χ4v) is 1.37. The van der Waals surface area contributed by atoms with Crippen LogP contribution in [0.3, 0.4) is 0 Å². The van der Waals surface area contributed by atoms with Crippen LogP contribution in [0.5, 0.6) is 0 Å². The monoisotopic (exact) mass is 196 g/mol. The molecule has 0 fully saturated rings.